The largest absolute Gasteiger partial charge is 0.465 e. The molecule has 7 heteroatoms. The SMILES string of the molecule is CC(C)(C)OC(=O)N1CCC(C(=O)OCCCC2OCCO2)CC1. The minimum absolute atomic E-state index is 0.136. The number of hydrogen-bond acceptors (Lipinski definition) is 6. The third kappa shape index (κ3) is 6.28. The van der Waals surface area contributed by atoms with Crippen molar-refractivity contribution in [2.75, 3.05) is 32.9 Å². The zero-order valence-electron chi connectivity index (χ0n) is 14.9. The predicted molar refractivity (Wildman–Crippen MR) is 86.4 cm³/mol. The molecule has 0 aromatic heterocycles. The maximum atomic E-state index is 12.1. The summed E-state index contributed by atoms with van der Waals surface area (Å²) in [5.41, 5.74) is -0.500. The van der Waals surface area contributed by atoms with Gasteiger partial charge in [0.25, 0.3) is 0 Å². The highest BCUT2D eigenvalue weighted by Crippen LogP contribution is 2.21. The van der Waals surface area contributed by atoms with E-state index in [0.29, 0.717) is 45.8 Å². The number of carbonyl (C=O) groups is 2. The van der Waals surface area contributed by atoms with E-state index in [1.54, 1.807) is 4.90 Å². The summed E-state index contributed by atoms with van der Waals surface area (Å²) in [5, 5.41) is 0. The van der Waals surface area contributed by atoms with Crippen molar-refractivity contribution in [1.82, 2.24) is 4.90 Å². The summed E-state index contributed by atoms with van der Waals surface area (Å²) in [4.78, 5) is 25.7. The average molecular weight is 343 g/mol. The van der Waals surface area contributed by atoms with Gasteiger partial charge in [0.1, 0.15) is 5.60 Å². The molecule has 2 aliphatic heterocycles. The number of hydrogen-bond donors (Lipinski definition) is 0. The van der Waals surface area contributed by atoms with E-state index in [2.05, 4.69) is 0 Å². The molecule has 2 heterocycles. The van der Waals surface area contributed by atoms with Crippen molar-refractivity contribution in [2.24, 2.45) is 5.92 Å². The van der Waals surface area contributed by atoms with Gasteiger partial charge in [0, 0.05) is 19.5 Å². The fraction of sp³-hybridized carbons (Fsp3) is 0.882. The van der Waals surface area contributed by atoms with E-state index in [1.807, 2.05) is 20.8 Å². The fourth-order valence-electron chi connectivity index (χ4n) is 2.74. The normalized spacial score (nSPS) is 20.2. The Morgan fingerprint density at radius 2 is 1.75 bits per heavy atom. The van der Waals surface area contributed by atoms with Crippen molar-refractivity contribution < 1.29 is 28.5 Å². The molecule has 2 rings (SSSR count). The second kappa shape index (κ2) is 8.67. The van der Waals surface area contributed by atoms with Crippen LogP contribution in [0.3, 0.4) is 0 Å². The highest BCUT2D eigenvalue weighted by atomic mass is 16.7. The van der Waals surface area contributed by atoms with E-state index >= 15 is 0 Å². The molecule has 0 saturated carbocycles. The van der Waals surface area contributed by atoms with Crippen LogP contribution in [0.5, 0.6) is 0 Å². The molecular weight excluding hydrogens is 314 g/mol. The molecule has 0 spiro atoms. The van der Waals surface area contributed by atoms with Gasteiger partial charge in [0.15, 0.2) is 6.29 Å². The Labute approximate surface area is 143 Å². The quantitative estimate of drug-likeness (QED) is 0.563. The lowest BCUT2D eigenvalue weighted by molar-refractivity contribution is -0.150. The molecule has 24 heavy (non-hydrogen) atoms. The van der Waals surface area contributed by atoms with Crippen molar-refractivity contribution in [1.29, 1.82) is 0 Å². The standard InChI is InChI=1S/C17H29NO6/c1-17(2,3)24-16(20)18-8-6-13(7-9-18)15(19)23-10-4-5-14-21-11-12-22-14/h13-14H,4-12H2,1-3H3. The van der Waals surface area contributed by atoms with E-state index in [-0.39, 0.29) is 24.3 Å². The van der Waals surface area contributed by atoms with Crippen molar-refractivity contribution in [3.05, 3.63) is 0 Å². The first kappa shape index (κ1) is 19.0. The van der Waals surface area contributed by atoms with Crippen molar-refractivity contribution in [2.45, 2.75) is 58.3 Å². The molecule has 0 unspecified atom stereocenters. The second-order valence-corrected chi connectivity index (χ2v) is 7.22. The molecule has 0 aromatic carbocycles. The minimum Gasteiger partial charge on any atom is -0.465 e. The van der Waals surface area contributed by atoms with Crippen LogP contribution in [0.2, 0.25) is 0 Å². The number of rotatable bonds is 5. The maximum Gasteiger partial charge on any atom is 0.410 e. The zero-order chi connectivity index (χ0) is 17.6. The summed E-state index contributed by atoms with van der Waals surface area (Å²) < 4.78 is 21.3. The van der Waals surface area contributed by atoms with Crippen LogP contribution in [0.15, 0.2) is 0 Å². The Bertz CT molecular complexity index is 419. The smallest absolute Gasteiger partial charge is 0.410 e. The van der Waals surface area contributed by atoms with Gasteiger partial charge < -0.3 is 23.8 Å². The van der Waals surface area contributed by atoms with Gasteiger partial charge in [-0.1, -0.05) is 0 Å². The molecular formula is C17H29NO6. The first-order valence-electron chi connectivity index (χ1n) is 8.73. The van der Waals surface area contributed by atoms with Crippen LogP contribution in [0.25, 0.3) is 0 Å². The van der Waals surface area contributed by atoms with Gasteiger partial charge in [0.2, 0.25) is 0 Å². The summed E-state index contributed by atoms with van der Waals surface area (Å²) in [6.07, 6.45) is 2.24. The fourth-order valence-corrected chi connectivity index (χ4v) is 2.74. The Kier molecular flexibility index (Phi) is 6.86. The van der Waals surface area contributed by atoms with Crippen molar-refractivity contribution in [3.8, 4) is 0 Å². The number of likely N-dealkylation sites (tertiary alicyclic amines) is 1. The highest BCUT2D eigenvalue weighted by molar-refractivity contribution is 5.73. The molecule has 2 fully saturated rings. The van der Waals surface area contributed by atoms with E-state index < -0.39 is 5.60 Å². The lowest BCUT2D eigenvalue weighted by Gasteiger charge is -2.32. The molecule has 2 saturated heterocycles. The topological polar surface area (TPSA) is 74.3 Å². The third-order valence-electron chi connectivity index (χ3n) is 4.00. The van der Waals surface area contributed by atoms with Crippen LogP contribution >= 0.6 is 0 Å². The molecule has 1 amide bonds. The molecule has 0 atom stereocenters. The summed E-state index contributed by atoms with van der Waals surface area (Å²) in [7, 11) is 0. The number of ether oxygens (including phenoxy) is 4. The molecule has 7 nitrogen and oxygen atoms in total. The number of nitrogens with zero attached hydrogens (tertiary/aromatic N) is 1. The van der Waals surface area contributed by atoms with Gasteiger partial charge >= 0.3 is 12.1 Å². The summed E-state index contributed by atoms with van der Waals surface area (Å²) in [6, 6.07) is 0. The van der Waals surface area contributed by atoms with Crippen LogP contribution < -0.4 is 0 Å². The molecule has 2 aliphatic rings. The van der Waals surface area contributed by atoms with Crippen molar-refractivity contribution >= 4 is 12.1 Å². The summed E-state index contributed by atoms with van der Waals surface area (Å²) in [5.74, 6) is -0.310. The van der Waals surface area contributed by atoms with Crippen LogP contribution in [-0.4, -0.2) is 61.8 Å². The summed E-state index contributed by atoms with van der Waals surface area (Å²) in [6.45, 7) is 8.25. The zero-order valence-corrected chi connectivity index (χ0v) is 14.9. The molecule has 0 aliphatic carbocycles. The van der Waals surface area contributed by atoms with Crippen LogP contribution in [0.1, 0.15) is 46.5 Å². The van der Waals surface area contributed by atoms with Gasteiger partial charge in [-0.25, -0.2) is 4.79 Å². The Morgan fingerprint density at radius 3 is 2.33 bits per heavy atom. The maximum absolute atomic E-state index is 12.1. The molecule has 0 aromatic rings. The molecule has 0 radical (unpaired) electrons. The number of carbonyl (C=O) groups excluding carboxylic acids is 2. The lowest BCUT2D eigenvalue weighted by Crippen LogP contribution is -2.43. The van der Waals surface area contributed by atoms with E-state index in [4.69, 9.17) is 18.9 Å². The van der Waals surface area contributed by atoms with Gasteiger partial charge in [-0.15, -0.1) is 0 Å². The first-order valence-corrected chi connectivity index (χ1v) is 8.73. The summed E-state index contributed by atoms with van der Waals surface area (Å²) >= 11 is 0. The second-order valence-electron chi connectivity index (χ2n) is 7.22. The third-order valence-corrected chi connectivity index (χ3v) is 4.00. The van der Waals surface area contributed by atoms with Crippen LogP contribution in [0, 0.1) is 5.92 Å². The predicted octanol–water partition coefficient (Wildman–Crippen LogP) is 2.33. The van der Waals surface area contributed by atoms with Crippen LogP contribution in [-0.2, 0) is 23.7 Å². The van der Waals surface area contributed by atoms with Gasteiger partial charge in [-0.2, -0.15) is 0 Å². The number of amides is 1. The molecule has 0 N–H and O–H groups in total. The van der Waals surface area contributed by atoms with Gasteiger partial charge in [-0.3, -0.25) is 4.79 Å². The molecule has 138 valence electrons. The first-order chi connectivity index (χ1) is 11.3. The van der Waals surface area contributed by atoms with E-state index in [9.17, 15) is 9.59 Å². The Morgan fingerprint density at radius 1 is 1.12 bits per heavy atom. The monoisotopic (exact) mass is 343 g/mol. The number of esters is 1. The lowest BCUT2D eigenvalue weighted by atomic mass is 9.97. The van der Waals surface area contributed by atoms with Gasteiger partial charge in [0.05, 0.1) is 25.7 Å². The minimum atomic E-state index is -0.500. The number of piperidine rings is 1. The average Bonchev–Trinajstić information content (AvgIpc) is 3.03. The van der Waals surface area contributed by atoms with Gasteiger partial charge in [-0.05, 0) is 40.0 Å². The van der Waals surface area contributed by atoms with Crippen LogP contribution in [0.4, 0.5) is 4.79 Å². The van der Waals surface area contributed by atoms with E-state index in [0.717, 1.165) is 12.8 Å². The molecule has 0 bridgehead atoms. The Hall–Kier alpha value is -1.34. The van der Waals surface area contributed by atoms with Crippen molar-refractivity contribution in [3.63, 3.8) is 0 Å². The van der Waals surface area contributed by atoms with E-state index in [1.165, 1.54) is 0 Å². The Balaban J connectivity index is 1.60. The highest BCUT2D eigenvalue weighted by Gasteiger charge is 2.30.